The van der Waals surface area contributed by atoms with Gasteiger partial charge in [0, 0.05) is 24.1 Å². The van der Waals surface area contributed by atoms with Crippen LogP contribution in [-0.4, -0.2) is 32.4 Å². The van der Waals surface area contributed by atoms with E-state index >= 15 is 0 Å². The molecule has 2 aromatic rings. The van der Waals surface area contributed by atoms with Crippen LogP contribution < -0.4 is 10.6 Å². The lowest BCUT2D eigenvalue weighted by molar-refractivity contribution is 0.435. The second-order valence-electron chi connectivity index (χ2n) is 5.13. The fourth-order valence-corrected chi connectivity index (χ4v) is 2.83. The Morgan fingerprint density at radius 2 is 2.05 bits per heavy atom. The summed E-state index contributed by atoms with van der Waals surface area (Å²) in [4.78, 5) is 4.55. The Labute approximate surface area is 123 Å². The first-order chi connectivity index (χ1) is 9.70. The Morgan fingerprint density at radius 3 is 2.80 bits per heavy atom. The Bertz CT molecular complexity index is 595. The molecule has 0 spiro atoms. The number of thiocarbonyl (C=S) groups is 1. The van der Waals surface area contributed by atoms with Crippen LogP contribution in [0.4, 0.5) is 0 Å². The van der Waals surface area contributed by atoms with Gasteiger partial charge in [0.25, 0.3) is 0 Å². The maximum Gasteiger partial charge on any atom is 0.181 e. The number of nitrogens with zero attached hydrogens (tertiary/aromatic N) is 2. The second-order valence-corrected chi connectivity index (χ2v) is 5.54. The van der Waals surface area contributed by atoms with Gasteiger partial charge in [0.1, 0.15) is 5.82 Å². The average Bonchev–Trinajstić information content (AvgIpc) is 2.87. The van der Waals surface area contributed by atoms with Crippen LogP contribution in [0.5, 0.6) is 0 Å². The maximum atomic E-state index is 5.19. The van der Waals surface area contributed by atoms with Gasteiger partial charge in [0.05, 0.1) is 0 Å². The summed E-state index contributed by atoms with van der Waals surface area (Å²) in [5.74, 6) is 1.63. The van der Waals surface area contributed by atoms with Crippen molar-refractivity contribution in [2.24, 2.45) is 0 Å². The minimum absolute atomic E-state index is 0.301. The van der Waals surface area contributed by atoms with Crippen molar-refractivity contribution in [2.75, 3.05) is 0 Å². The van der Waals surface area contributed by atoms with E-state index in [0.29, 0.717) is 12.1 Å². The highest BCUT2D eigenvalue weighted by atomic mass is 32.1. The Balaban J connectivity index is 1.70. The molecular weight excluding hydrogens is 270 g/mol. The molecule has 1 aromatic carbocycles. The zero-order chi connectivity index (χ0) is 13.9. The first-order valence-electron chi connectivity index (χ1n) is 6.74. The zero-order valence-corrected chi connectivity index (χ0v) is 12.1. The van der Waals surface area contributed by atoms with Crippen LogP contribution in [0.3, 0.4) is 0 Å². The molecule has 6 heteroatoms. The topological polar surface area (TPSA) is 65.6 Å². The summed E-state index contributed by atoms with van der Waals surface area (Å²) in [6.45, 7) is 2.13. The highest BCUT2D eigenvalue weighted by Crippen LogP contribution is 2.15. The molecule has 0 saturated carbocycles. The van der Waals surface area contributed by atoms with Crippen LogP contribution in [0, 0.1) is 0 Å². The van der Waals surface area contributed by atoms with E-state index in [1.54, 1.807) is 0 Å². The monoisotopic (exact) mass is 287 g/mol. The van der Waals surface area contributed by atoms with Crippen molar-refractivity contribution in [2.45, 2.75) is 31.8 Å². The van der Waals surface area contributed by atoms with Crippen molar-refractivity contribution in [1.82, 2.24) is 25.8 Å². The Kier molecular flexibility index (Phi) is 3.64. The molecule has 0 unspecified atom stereocenters. The third kappa shape index (κ3) is 2.96. The van der Waals surface area contributed by atoms with Gasteiger partial charge in [-0.25, -0.2) is 4.98 Å². The van der Waals surface area contributed by atoms with Crippen LogP contribution >= 0.6 is 12.2 Å². The highest BCUT2D eigenvalue weighted by molar-refractivity contribution is 7.80. The Hall–Kier alpha value is -1.95. The predicted octanol–water partition coefficient (Wildman–Crippen LogP) is 1.64. The van der Waals surface area contributed by atoms with Crippen molar-refractivity contribution in [3.05, 3.63) is 36.2 Å². The smallest absolute Gasteiger partial charge is 0.181 e. The van der Waals surface area contributed by atoms with Crippen LogP contribution in [0.25, 0.3) is 11.4 Å². The molecule has 0 bridgehead atoms. The predicted molar refractivity (Wildman–Crippen MR) is 82.3 cm³/mol. The van der Waals surface area contributed by atoms with E-state index in [-0.39, 0.29) is 0 Å². The number of H-pyrrole nitrogens is 1. The normalized spacial score (nSPS) is 22.1. The van der Waals surface area contributed by atoms with Crippen LogP contribution in [0.2, 0.25) is 0 Å². The van der Waals surface area contributed by atoms with Crippen molar-refractivity contribution >= 4 is 17.3 Å². The van der Waals surface area contributed by atoms with Crippen LogP contribution in [0.15, 0.2) is 30.3 Å². The summed E-state index contributed by atoms with van der Waals surface area (Å²) in [5, 5.41) is 14.5. The van der Waals surface area contributed by atoms with E-state index in [9.17, 15) is 0 Å². The van der Waals surface area contributed by atoms with Crippen molar-refractivity contribution in [3.63, 3.8) is 0 Å². The SMILES string of the molecule is C[C@@H]1C[C@@H](Cc2nc(-c3ccccc3)n[nH]2)NC(=S)N1. The van der Waals surface area contributed by atoms with Gasteiger partial charge < -0.3 is 10.6 Å². The molecule has 1 saturated heterocycles. The molecule has 1 fully saturated rings. The van der Waals surface area contributed by atoms with E-state index in [1.807, 2.05) is 30.3 Å². The number of rotatable bonds is 3. The molecule has 1 aliphatic rings. The average molecular weight is 287 g/mol. The van der Waals surface area contributed by atoms with E-state index in [1.165, 1.54) is 0 Å². The largest absolute Gasteiger partial charge is 0.360 e. The third-order valence-electron chi connectivity index (χ3n) is 3.35. The lowest BCUT2D eigenvalue weighted by Crippen LogP contribution is -2.53. The van der Waals surface area contributed by atoms with Crippen molar-refractivity contribution in [3.8, 4) is 11.4 Å². The first-order valence-corrected chi connectivity index (χ1v) is 7.15. The van der Waals surface area contributed by atoms with Crippen LogP contribution in [-0.2, 0) is 6.42 Å². The van der Waals surface area contributed by atoms with Gasteiger partial charge in [-0.15, -0.1) is 0 Å². The summed E-state index contributed by atoms with van der Waals surface area (Å²) >= 11 is 5.19. The van der Waals surface area contributed by atoms with Gasteiger partial charge in [-0.05, 0) is 25.6 Å². The molecule has 0 aliphatic carbocycles. The highest BCUT2D eigenvalue weighted by Gasteiger charge is 2.22. The second kappa shape index (κ2) is 5.58. The Morgan fingerprint density at radius 1 is 1.25 bits per heavy atom. The molecule has 1 aliphatic heterocycles. The van der Waals surface area contributed by atoms with Crippen molar-refractivity contribution in [1.29, 1.82) is 0 Å². The first kappa shape index (κ1) is 13.1. The summed E-state index contributed by atoms with van der Waals surface area (Å²) in [6, 6.07) is 10.7. The van der Waals surface area contributed by atoms with Crippen molar-refractivity contribution < 1.29 is 0 Å². The molecule has 5 nitrogen and oxygen atoms in total. The van der Waals surface area contributed by atoms with E-state index in [4.69, 9.17) is 12.2 Å². The van der Waals surface area contributed by atoms with Gasteiger partial charge in [-0.3, -0.25) is 5.10 Å². The molecule has 3 N–H and O–H groups in total. The summed E-state index contributed by atoms with van der Waals surface area (Å²) in [7, 11) is 0. The van der Waals surface area contributed by atoms with E-state index in [2.05, 4.69) is 32.7 Å². The van der Waals surface area contributed by atoms with E-state index in [0.717, 1.165) is 35.2 Å². The number of aromatic nitrogens is 3. The molecule has 0 amide bonds. The molecule has 20 heavy (non-hydrogen) atoms. The number of hydrogen-bond acceptors (Lipinski definition) is 3. The summed E-state index contributed by atoms with van der Waals surface area (Å²) < 4.78 is 0. The molecule has 2 atom stereocenters. The third-order valence-corrected chi connectivity index (χ3v) is 3.59. The lowest BCUT2D eigenvalue weighted by atomic mass is 10.0. The molecule has 3 rings (SSSR count). The number of nitrogens with one attached hydrogen (secondary N) is 3. The van der Waals surface area contributed by atoms with E-state index < -0.39 is 0 Å². The van der Waals surface area contributed by atoms with Gasteiger partial charge in [0.15, 0.2) is 10.9 Å². The van der Waals surface area contributed by atoms with Gasteiger partial charge >= 0.3 is 0 Å². The van der Waals surface area contributed by atoms with Gasteiger partial charge in [-0.1, -0.05) is 30.3 Å². The quantitative estimate of drug-likeness (QED) is 0.749. The van der Waals surface area contributed by atoms with Crippen LogP contribution in [0.1, 0.15) is 19.2 Å². The number of aromatic amines is 1. The maximum absolute atomic E-state index is 5.19. The molecular formula is C14H17N5S. The fourth-order valence-electron chi connectivity index (χ4n) is 2.47. The standard InChI is InChI=1S/C14H17N5S/c1-9-7-11(16-14(20)15-9)8-12-17-13(19-18-12)10-5-3-2-4-6-10/h2-6,9,11H,7-8H2,1H3,(H2,15,16,20)(H,17,18,19)/t9-,11+/m1/s1. The molecule has 1 aromatic heterocycles. The zero-order valence-electron chi connectivity index (χ0n) is 11.3. The lowest BCUT2D eigenvalue weighted by Gasteiger charge is -2.30. The van der Waals surface area contributed by atoms with Gasteiger partial charge in [0.2, 0.25) is 0 Å². The summed E-state index contributed by atoms with van der Waals surface area (Å²) in [6.07, 6.45) is 1.81. The molecule has 104 valence electrons. The number of benzene rings is 1. The van der Waals surface area contributed by atoms with Gasteiger partial charge in [-0.2, -0.15) is 5.10 Å². The molecule has 2 heterocycles. The minimum Gasteiger partial charge on any atom is -0.360 e. The number of hydrogen-bond donors (Lipinski definition) is 3. The summed E-state index contributed by atoms with van der Waals surface area (Å²) in [5.41, 5.74) is 1.03. The fraction of sp³-hybridized carbons (Fsp3) is 0.357. The molecule has 0 radical (unpaired) electrons. The minimum atomic E-state index is 0.301.